The van der Waals surface area contributed by atoms with Gasteiger partial charge in [0.1, 0.15) is 0 Å². The van der Waals surface area contributed by atoms with Crippen molar-refractivity contribution in [3.63, 3.8) is 0 Å². The van der Waals surface area contributed by atoms with Gasteiger partial charge in [0.2, 0.25) is 5.91 Å². The van der Waals surface area contributed by atoms with Crippen molar-refractivity contribution in [3.05, 3.63) is 35.9 Å². The third-order valence-corrected chi connectivity index (χ3v) is 4.70. The van der Waals surface area contributed by atoms with E-state index in [1.54, 1.807) is 0 Å². The number of hydrogen-bond donors (Lipinski definition) is 1. The Balaban J connectivity index is 1.94. The largest absolute Gasteiger partial charge is 0.340 e. The molecule has 1 saturated heterocycles. The lowest BCUT2D eigenvalue weighted by molar-refractivity contribution is -0.131. The SMILES string of the molecule is CC1(C)CN(C(=O)CC(N)c2ccccc2)CCS1. The van der Waals surface area contributed by atoms with Gasteiger partial charge in [0.25, 0.3) is 0 Å². The smallest absolute Gasteiger partial charge is 0.224 e. The summed E-state index contributed by atoms with van der Waals surface area (Å²) in [6, 6.07) is 9.64. The molecule has 104 valence electrons. The first kappa shape index (κ1) is 14.4. The fraction of sp³-hybridized carbons (Fsp3) is 0.533. The first-order chi connectivity index (χ1) is 8.98. The van der Waals surface area contributed by atoms with Crippen molar-refractivity contribution in [3.8, 4) is 0 Å². The Hall–Kier alpha value is -1.00. The summed E-state index contributed by atoms with van der Waals surface area (Å²) >= 11 is 1.93. The fourth-order valence-corrected chi connectivity index (χ4v) is 3.48. The van der Waals surface area contributed by atoms with E-state index in [0.717, 1.165) is 24.4 Å². The lowest BCUT2D eigenvalue weighted by Crippen LogP contribution is -2.46. The highest BCUT2D eigenvalue weighted by molar-refractivity contribution is 8.00. The van der Waals surface area contributed by atoms with Crippen molar-refractivity contribution >= 4 is 17.7 Å². The normalized spacial score (nSPS) is 20.1. The zero-order chi connectivity index (χ0) is 13.9. The number of hydrogen-bond acceptors (Lipinski definition) is 3. The molecule has 1 atom stereocenters. The van der Waals surface area contributed by atoms with E-state index in [-0.39, 0.29) is 16.7 Å². The number of thioether (sulfide) groups is 1. The average Bonchev–Trinajstić information content (AvgIpc) is 2.38. The van der Waals surface area contributed by atoms with Crippen LogP contribution in [0.2, 0.25) is 0 Å². The van der Waals surface area contributed by atoms with Crippen LogP contribution < -0.4 is 5.73 Å². The number of amides is 1. The molecule has 2 N–H and O–H groups in total. The maximum atomic E-state index is 12.3. The van der Waals surface area contributed by atoms with Gasteiger partial charge in [0.15, 0.2) is 0 Å². The maximum absolute atomic E-state index is 12.3. The van der Waals surface area contributed by atoms with Crippen molar-refractivity contribution in [2.24, 2.45) is 5.73 Å². The molecular formula is C15H22N2OS. The minimum atomic E-state index is -0.202. The molecule has 1 aliphatic rings. The molecule has 0 aromatic heterocycles. The molecule has 0 aliphatic carbocycles. The Morgan fingerprint density at radius 2 is 2.11 bits per heavy atom. The van der Waals surface area contributed by atoms with Crippen LogP contribution in [-0.4, -0.2) is 34.4 Å². The van der Waals surface area contributed by atoms with Crippen molar-refractivity contribution in [2.45, 2.75) is 31.1 Å². The predicted molar refractivity (Wildman–Crippen MR) is 81.1 cm³/mol. The molecule has 1 unspecified atom stereocenters. The molecule has 0 saturated carbocycles. The van der Waals surface area contributed by atoms with E-state index in [9.17, 15) is 4.79 Å². The molecule has 0 spiro atoms. The van der Waals surface area contributed by atoms with Crippen LogP contribution in [0.5, 0.6) is 0 Å². The predicted octanol–water partition coefficient (Wildman–Crippen LogP) is 2.43. The Labute approximate surface area is 119 Å². The maximum Gasteiger partial charge on any atom is 0.224 e. The second-order valence-electron chi connectivity index (χ2n) is 5.64. The minimum absolute atomic E-state index is 0.157. The Morgan fingerprint density at radius 1 is 1.42 bits per heavy atom. The van der Waals surface area contributed by atoms with Crippen LogP contribution in [0, 0.1) is 0 Å². The summed E-state index contributed by atoms with van der Waals surface area (Å²) in [5, 5.41) is 0. The van der Waals surface area contributed by atoms with Gasteiger partial charge in [-0.3, -0.25) is 4.79 Å². The number of carbonyl (C=O) groups is 1. The van der Waals surface area contributed by atoms with Crippen molar-refractivity contribution < 1.29 is 4.79 Å². The summed E-state index contributed by atoms with van der Waals surface area (Å²) in [7, 11) is 0. The zero-order valence-corrected chi connectivity index (χ0v) is 12.5. The number of benzene rings is 1. The summed E-state index contributed by atoms with van der Waals surface area (Å²) in [6.45, 7) is 6.04. The van der Waals surface area contributed by atoms with Gasteiger partial charge in [-0.25, -0.2) is 0 Å². The molecule has 19 heavy (non-hydrogen) atoms. The summed E-state index contributed by atoms with van der Waals surface area (Å²) in [4.78, 5) is 14.3. The van der Waals surface area contributed by atoms with Gasteiger partial charge >= 0.3 is 0 Å². The molecule has 1 fully saturated rings. The summed E-state index contributed by atoms with van der Waals surface area (Å²) in [6.07, 6.45) is 0.394. The second kappa shape index (κ2) is 5.97. The molecule has 0 bridgehead atoms. The number of nitrogens with zero attached hydrogens (tertiary/aromatic N) is 1. The van der Waals surface area contributed by atoms with E-state index in [1.165, 1.54) is 0 Å². The molecule has 3 nitrogen and oxygen atoms in total. The second-order valence-corrected chi connectivity index (χ2v) is 7.45. The van der Waals surface area contributed by atoms with Crippen LogP contribution in [0.25, 0.3) is 0 Å². The molecule has 1 aromatic carbocycles. The Morgan fingerprint density at radius 3 is 2.74 bits per heavy atom. The topological polar surface area (TPSA) is 46.3 Å². The molecule has 4 heteroatoms. The average molecular weight is 278 g/mol. The van der Waals surface area contributed by atoms with E-state index >= 15 is 0 Å². The van der Waals surface area contributed by atoms with Gasteiger partial charge in [0, 0.05) is 36.1 Å². The van der Waals surface area contributed by atoms with Gasteiger partial charge in [-0.05, 0) is 19.4 Å². The van der Waals surface area contributed by atoms with Crippen LogP contribution in [0.3, 0.4) is 0 Å². The quantitative estimate of drug-likeness (QED) is 0.923. The molecule has 2 rings (SSSR count). The third-order valence-electron chi connectivity index (χ3n) is 3.40. The Bertz CT molecular complexity index is 433. The van der Waals surface area contributed by atoms with Crippen LogP contribution in [0.15, 0.2) is 30.3 Å². The monoisotopic (exact) mass is 278 g/mol. The highest BCUT2D eigenvalue weighted by Crippen LogP contribution is 2.30. The van der Waals surface area contributed by atoms with Crippen LogP contribution in [-0.2, 0) is 4.79 Å². The number of nitrogens with two attached hydrogens (primary N) is 1. The zero-order valence-electron chi connectivity index (χ0n) is 11.6. The van der Waals surface area contributed by atoms with E-state index in [0.29, 0.717) is 6.42 Å². The summed E-state index contributed by atoms with van der Waals surface area (Å²) in [5.74, 6) is 1.18. The molecule has 1 aliphatic heterocycles. The highest BCUT2D eigenvalue weighted by Gasteiger charge is 2.30. The van der Waals surface area contributed by atoms with Crippen molar-refractivity contribution in [2.75, 3.05) is 18.8 Å². The lowest BCUT2D eigenvalue weighted by atomic mass is 10.0. The standard InChI is InChI=1S/C15H22N2OS/c1-15(2)11-17(8-9-19-15)14(18)10-13(16)12-6-4-3-5-7-12/h3-7,13H,8-11,16H2,1-2H3. The lowest BCUT2D eigenvalue weighted by Gasteiger charge is -2.38. The van der Waals surface area contributed by atoms with E-state index < -0.39 is 0 Å². The molecule has 0 radical (unpaired) electrons. The van der Waals surface area contributed by atoms with Crippen LogP contribution in [0.4, 0.5) is 0 Å². The first-order valence-electron chi connectivity index (χ1n) is 6.70. The van der Waals surface area contributed by atoms with E-state index in [4.69, 9.17) is 5.73 Å². The van der Waals surface area contributed by atoms with Crippen LogP contribution >= 0.6 is 11.8 Å². The van der Waals surface area contributed by atoms with Gasteiger partial charge in [-0.1, -0.05) is 30.3 Å². The van der Waals surface area contributed by atoms with Crippen molar-refractivity contribution in [1.82, 2.24) is 4.90 Å². The fourth-order valence-electron chi connectivity index (χ4n) is 2.36. The summed E-state index contributed by atoms with van der Waals surface area (Å²) in [5.41, 5.74) is 7.15. The van der Waals surface area contributed by atoms with Gasteiger partial charge in [-0.2, -0.15) is 11.8 Å². The highest BCUT2D eigenvalue weighted by atomic mass is 32.2. The van der Waals surface area contributed by atoms with E-state index in [2.05, 4.69) is 13.8 Å². The molecule has 1 aromatic rings. The third kappa shape index (κ3) is 3.98. The molecule has 1 amide bonds. The van der Waals surface area contributed by atoms with Gasteiger partial charge < -0.3 is 10.6 Å². The minimum Gasteiger partial charge on any atom is -0.340 e. The van der Waals surface area contributed by atoms with Crippen molar-refractivity contribution in [1.29, 1.82) is 0 Å². The molecular weight excluding hydrogens is 256 g/mol. The first-order valence-corrected chi connectivity index (χ1v) is 7.69. The summed E-state index contributed by atoms with van der Waals surface area (Å²) < 4.78 is 0.157. The Kier molecular flexibility index (Phi) is 4.53. The molecule has 1 heterocycles. The van der Waals surface area contributed by atoms with Gasteiger partial charge in [0.05, 0.1) is 0 Å². The van der Waals surface area contributed by atoms with Gasteiger partial charge in [-0.15, -0.1) is 0 Å². The van der Waals surface area contributed by atoms with E-state index in [1.807, 2.05) is 47.0 Å². The number of rotatable bonds is 3. The number of carbonyl (C=O) groups excluding carboxylic acids is 1. The van der Waals surface area contributed by atoms with Crippen LogP contribution in [0.1, 0.15) is 31.9 Å².